The largest absolute Gasteiger partial charge is 0.454 e. The molecule has 0 saturated heterocycles. The maximum atomic E-state index is 12.4. The molecular formula is C19H16N2O5. The minimum absolute atomic E-state index is 0.0453. The van der Waals surface area contributed by atoms with Crippen molar-refractivity contribution in [2.45, 2.75) is 6.42 Å². The summed E-state index contributed by atoms with van der Waals surface area (Å²) in [4.78, 5) is 49.0. The van der Waals surface area contributed by atoms with E-state index >= 15 is 0 Å². The molecule has 2 aromatic rings. The first-order valence-electron chi connectivity index (χ1n) is 7.97. The van der Waals surface area contributed by atoms with Crippen molar-refractivity contribution in [1.29, 1.82) is 0 Å². The molecule has 132 valence electrons. The second-order valence-electron chi connectivity index (χ2n) is 5.69. The minimum Gasteiger partial charge on any atom is -0.454 e. The smallest absolute Gasteiger partial charge is 0.326 e. The molecule has 0 aliphatic carbocycles. The summed E-state index contributed by atoms with van der Waals surface area (Å²) in [5.41, 5.74) is 1.60. The van der Waals surface area contributed by atoms with Gasteiger partial charge in [0, 0.05) is 11.3 Å². The standard InChI is InChI=1S/C19H16N2O5/c22-16(20-14-7-2-1-3-8-14)12-26-18(24)11-21-17(23)10-13-6-4-5-9-15(13)19(21)25/h1-9H,10-12H2,(H,20,22). The third-order valence-electron chi connectivity index (χ3n) is 3.84. The van der Waals surface area contributed by atoms with E-state index in [2.05, 4.69) is 5.32 Å². The van der Waals surface area contributed by atoms with Gasteiger partial charge >= 0.3 is 5.97 Å². The van der Waals surface area contributed by atoms with Crippen LogP contribution in [0.5, 0.6) is 0 Å². The fourth-order valence-corrected chi connectivity index (χ4v) is 2.60. The van der Waals surface area contributed by atoms with Gasteiger partial charge in [-0.25, -0.2) is 0 Å². The zero-order valence-corrected chi connectivity index (χ0v) is 13.8. The number of para-hydroxylation sites is 1. The summed E-state index contributed by atoms with van der Waals surface area (Å²) in [7, 11) is 0. The van der Waals surface area contributed by atoms with Gasteiger partial charge in [-0.1, -0.05) is 36.4 Å². The fourth-order valence-electron chi connectivity index (χ4n) is 2.60. The summed E-state index contributed by atoms with van der Waals surface area (Å²) in [6, 6.07) is 15.5. The highest BCUT2D eigenvalue weighted by atomic mass is 16.5. The lowest BCUT2D eigenvalue weighted by atomic mass is 9.98. The normalized spacial score (nSPS) is 13.2. The number of amides is 3. The van der Waals surface area contributed by atoms with E-state index < -0.39 is 36.8 Å². The van der Waals surface area contributed by atoms with Crippen molar-refractivity contribution in [2.24, 2.45) is 0 Å². The third kappa shape index (κ3) is 3.94. The van der Waals surface area contributed by atoms with Crippen LogP contribution in [0.1, 0.15) is 15.9 Å². The molecule has 1 aliphatic heterocycles. The van der Waals surface area contributed by atoms with Gasteiger partial charge in [0.15, 0.2) is 6.61 Å². The SMILES string of the molecule is O=C(COC(=O)CN1C(=O)Cc2ccccc2C1=O)Nc1ccccc1. The molecule has 1 heterocycles. The van der Waals surface area contributed by atoms with Crippen LogP contribution in [0.3, 0.4) is 0 Å². The Balaban J connectivity index is 1.54. The monoisotopic (exact) mass is 352 g/mol. The van der Waals surface area contributed by atoms with Crippen molar-refractivity contribution in [3.8, 4) is 0 Å². The molecule has 0 aromatic heterocycles. The number of nitrogens with one attached hydrogen (secondary N) is 1. The maximum absolute atomic E-state index is 12.4. The second-order valence-corrected chi connectivity index (χ2v) is 5.69. The van der Waals surface area contributed by atoms with Crippen LogP contribution >= 0.6 is 0 Å². The summed E-state index contributed by atoms with van der Waals surface area (Å²) in [5.74, 6) is -2.34. The summed E-state index contributed by atoms with van der Waals surface area (Å²) in [5, 5.41) is 2.57. The number of esters is 1. The van der Waals surface area contributed by atoms with E-state index in [9.17, 15) is 19.2 Å². The Morgan fingerprint density at radius 1 is 1.00 bits per heavy atom. The molecule has 7 heteroatoms. The van der Waals surface area contributed by atoms with Gasteiger partial charge < -0.3 is 10.1 Å². The van der Waals surface area contributed by atoms with E-state index in [1.165, 1.54) is 0 Å². The van der Waals surface area contributed by atoms with Crippen LogP contribution in [0.2, 0.25) is 0 Å². The highest BCUT2D eigenvalue weighted by Gasteiger charge is 2.32. The van der Waals surface area contributed by atoms with Crippen LogP contribution < -0.4 is 5.32 Å². The van der Waals surface area contributed by atoms with Gasteiger partial charge in [0.05, 0.1) is 6.42 Å². The van der Waals surface area contributed by atoms with E-state index in [-0.39, 0.29) is 6.42 Å². The molecule has 0 atom stereocenters. The molecule has 1 N–H and O–H groups in total. The Morgan fingerprint density at radius 2 is 1.69 bits per heavy atom. The lowest BCUT2D eigenvalue weighted by Crippen LogP contribution is -2.45. The third-order valence-corrected chi connectivity index (χ3v) is 3.84. The van der Waals surface area contributed by atoms with E-state index in [1.807, 2.05) is 0 Å². The molecule has 0 spiro atoms. The van der Waals surface area contributed by atoms with Gasteiger partial charge in [0.25, 0.3) is 11.8 Å². The molecule has 0 fully saturated rings. The Kier molecular flexibility index (Phi) is 5.07. The van der Waals surface area contributed by atoms with Crippen LogP contribution in [-0.2, 0) is 25.5 Å². The molecule has 0 saturated carbocycles. The maximum Gasteiger partial charge on any atom is 0.326 e. The zero-order chi connectivity index (χ0) is 18.5. The van der Waals surface area contributed by atoms with Gasteiger partial charge in [-0.2, -0.15) is 0 Å². The van der Waals surface area contributed by atoms with Crippen LogP contribution in [0.15, 0.2) is 54.6 Å². The molecule has 7 nitrogen and oxygen atoms in total. The first kappa shape index (κ1) is 17.3. The lowest BCUT2D eigenvalue weighted by Gasteiger charge is -2.25. The first-order chi connectivity index (χ1) is 12.5. The Labute approximate surface area is 149 Å². The predicted molar refractivity (Wildman–Crippen MR) is 92.2 cm³/mol. The van der Waals surface area contributed by atoms with Crippen molar-refractivity contribution in [1.82, 2.24) is 4.90 Å². The summed E-state index contributed by atoms with van der Waals surface area (Å²) >= 11 is 0. The highest BCUT2D eigenvalue weighted by molar-refractivity contribution is 6.11. The van der Waals surface area contributed by atoms with Gasteiger partial charge in [-0.05, 0) is 23.8 Å². The number of hydrogen-bond acceptors (Lipinski definition) is 5. The van der Waals surface area contributed by atoms with Crippen LogP contribution in [0, 0.1) is 0 Å². The average molecular weight is 352 g/mol. The molecule has 26 heavy (non-hydrogen) atoms. The quantitative estimate of drug-likeness (QED) is 0.648. The second kappa shape index (κ2) is 7.60. The van der Waals surface area contributed by atoms with Crippen molar-refractivity contribution >= 4 is 29.4 Å². The topological polar surface area (TPSA) is 92.8 Å². The number of carbonyl (C=O) groups excluding carboxylic acids is 4. The zero-order valence-electron chi connectivity index (χ0n) is 13.8. The van der Waals surface area contributed by atoms with Crippen LogP contribution in [0.25, 0.3) is 0 Å². The van der Waals surface area contributed by atoms with E-state index in [4.69, 9.17) is 4.74 Å². The van der Waals surface area contributed by atoms with E-state index in [1.54, 1.807) is 54.6 Å². The van der Waals surface area contributed by atoms with Crippen LogP contribution in [-0.4, -0.2) is 41.7 Å². The molecule has 0 radical (unpaired) electrons. The van der Waals surface area contributed by atoms with Gasteiger partial charge in [-0.15, -0.1) is 0 Å². The number of fused-ring (bicyclic) bond motifs is 1. The van der Waals surface area contributed by atoms with E-state index in [0.29, 0.717) is 16.8 Å². The Bertz CT molecular complexity index is 863. The van der Waals surface area contributed by atoms with Gasteiger partial charge in [-0.3, -0.25) is 24.1 Å². The number of imide groups is 1. The molecule has 0 unspecified atom stereocenters. The number of carbonyl (C=O) groups is 4. The van der Waals surface area contributed by atoms with Gasteiger partial charge in [0.1, 0.15) is 6.54 Å². The Hall–Kier alpha value is -3.48. The fraction of sp³-hybridized carbons (Fsp3) is 0.158. The summed E-state index contributed by atoms with van der Waals surface area (Å²) < 4.78 is 4.87. The first-order valence-corrected chi connectivity index (χ1v) is 7.97. The van der Waals surface area contributed by atoms with E-state index in [0.717, 1.165) is 4.90 Å². The molecule has 0 bridgehead atoms. The minimum atomic E-state index is -0.825. The summed E-state index contributed by atoms with van der Waals surface area (Å²) in [6.45, 7) is -1.02. The van der Waals surface area contributed by atoms with Crippen molar-refractivity contribution in [3.05, 3.63) is 65.7 Å². The molecule has 2 aromatic carbocycles. The summed E-state index contributed by atoms with van der Waals surface area (Å²) in [6.07, 6.45) is 0.0453. The van der Waals surface area contributed by atoms with Crippen molar-refractivity contribution in [3.63, 3.8) is 0 Å². The molecule has 1 aliphatic rings. The number of nitrogens with zero attached hydrogens (tertiary/aromatic N) is 1. The average Bonchev–Trinajstić information content (AvgIpc) is 2.64. The predicted octanol–water partition coefficient (Wildman–Crippen LogP) is 1.39. The number of hydrogen-bond donors (Lipinski definition) is 1. The highest BCUT2D eigenvalue weighted by Crippen LogP contribution is 2.19. The van der Waals surface area contributed by atoms with Gasteiger partial charge in [0.2, 0.25) is 5.91 Å². The van der Waals surface area contributed by atoms with Crippen molar-refractivity contribution < 1.29 is 23.9 Å². The van der Waals surface area contributed by atoms with Crippen LogP contribution in [0.4, 0.5) is 5.69 Å². The molecule has 3 rings (SSSR count). The lowest BCUT2D eigenvalue weighted by molar-refractivity contribution is -0.150. The molecular weight excluding hydrogens is 336 g/mol. The number of rotatable bonds is 5. The molecule has 3 amide bonds. The Morgan fingerprint density at radius 3 is 2.46 bits per heavy atom. The number of anilines is 1. The van der Waals surface area contributed by atoms with Crippen molar-refractivity contribution in [2.75, 3.05) is 18.5 Å². The number of ether oxygens (including phenoxy) is 1. The number of benzene rings is 2.